The normalized spacial score (nSPS) is 13.4. The van der Waals surface area contributed by atoms with Crippen molar-refractivity contribution in [3.8, 4) is 0 Å². The zero-order valence-electron chi connectivity index (χ0n) is 12.5. The van der Waals surface area contributed by atoms with Crippen LogP contribution >= 0.6 is 0 Å². The number of esters is 1. The maximum absolute atomic E-state index is 12.6. The van der Waals surface area contributed by atoms with Crippen molar-refractivity contribution in [3.05, 3.63) is 71.8 Å². The van der Waals surface area contributed by atoms with Gasteiger partial charge in [0.1, 0.15) is 5.54 Å². The van der Waals surface area contributed by atoms with Gasteiger partial charge < -0.3 is 10.1 Å². The average Bonchev–Trinajstić information content (AvgIpc) is 2.54. The van der Waals surface area contributed by atoms with Crippen molar-refractivity contribution in [3.63, 3.8) is 0 Å². The first kappa shape index (κ1) is 15.3. The highest BCUT2D eigenvalue weighted by atomic mass is 16.5. The Morgan fingerprint density at radius 1 is 1.05 bits per heavy atom. The summed E-state index contributed by atoms with van der Waals surface area (Å²) >= 11 is 0. The van der Waals surface area contributed by atoms with Crippen LogP contribution in [0, 0.1) is 0 Å². The Morgan fingerprint density at radius 2 is 1.62 bits per heavy atom. The number of carbonyl (C=O) groups excluding carboxylic acids is 1. The lowest BCUT2D eigenvalue weighted by molar-refractivity contribution is -0.151. The summed E-state index contributed by atoms with van der Waals surface area (Å²) in [5.41, 5.74) is 1.14. The first-order chi connectivity index (χ1) is 10.2. The van der Waals surface area contributed by atoms with Crippen LogP contribution in [0.4, 0.5) is 0 Å². The Balaban J connectivity index is 2.44. The van der Waals surface area contributed by atoms with E-state index in [-0.39, 0.29) is 5.97 Å². The Hall–Kier alpha value is -2.13. The zero-order chi connectivity index (χ0) is 15.1. The van der Waals surface area contributed by atoms with Gasteiger partial charge in [-0.2, -0.15) is 0 Å². The third-order valence-corrected chi connectivity index (χ3v) is 3.63. The minimum atomic E-state index is -0.862. The molecular weight excluding hydrogens is 262 g/mol. The SMILES string of the molecule is CCOC(=O)C(Cc1ccccc1)(NC)c1ccccc1. The van der Waals surface area contributed by atoms with Gasteiger partial charge >= 0.3 is 5.97 Å². The molecule has 2 aromatic rings. The fourth-order valence-corrected chi connectivity index (χ4v) is 2.51. The Bertz CT molecular complexity index is 568. The van der Waals surface area contributed by atoms with Gasteiger partial charge in [-0.15, -0.1) is 0 Å². The van der Waals surface area contributed by atoms with E-state index in [1.165, 1.54) is 0 Å². The Morgan fingerprint density at radius 3 is 2.14 bits per heavy atom. The lowest BCUT2D eigenvalue weighted by Crippen LogP contribution is -2.50. The van der Waals surface area contributed by atoms with E-state index in [9.17, 15) is 4.79 Å². The van der Waals surface area contributed by atoms with Gasteiger partial charge in [0, 0.05) is 6.42 Å². The summed E-state index contributed by atoms with van der Waals surface area (Å²) in [6.07, 6.45) is 0.549. The number of hydrogen-bond acceptors (Lipinski definition) is 3. The molecule has 0 bridgehead atoms. The standard InChI is InChI=1S/C18H21NO2/c1-3-21-17(20)18(19-2,16-12-8-5-9-13-16)14-15-10-6-4-7-11-15/h4-13,19H,3,14H2,1-2H3. The molecule has 0 saturated heterocycles. The minimum absolute atomic E-state index is 0.248. The van der Waals surface area contributed by atoms with Gasteiger partial charge in [0.2, 0.25) is 0 Å². The molecule has 0 amide bonds. The van der Waals surface area contributed by atoms with Gasteiger partial charge in [-0.25, -0.2) is 4.79 Å². The number of carbonyl (C=O) groups is 1. The van der Waals surface area contributed by atoms with E-state index >= 15 is 0 Å². The molecule has 1 N–H and O–H groups in total. The summed E-state index contributed by atoms with van der Waals surface area (Å²) in [4.78, 5) is 12.6. The molecule has 3 nitrogen and oxygen atoms in total. The molecule has 0 aromatic heterocycles. The van der Waals surface area contributed by atoms with Crippen LogP contribution in [0.25, 0.3) is 0 Å². The molecule has 0 aliphatic carbocycles. The number of hydrogen-bond donors (Lipinski definition) is 1. The molecule has 3 heteroatoms. The largest absolute Gasteiger partial charge is 0.464 e. The molecule has 0 radical (unpaired) electrons. The first-order valence-electron chi connectivity index (χ1n) is 7.18. The second-order valence-electron chi connectivity index (χ2n) is 4.90. The topological polar surface area (TPSA) is 38.3 Å². The molecular formula is C18H21NO2. The molecule has 2 rings (SSSR count). The molecule has 1 atom stereocenters. The summed E-state index contributed by atoms with van der Waals surface area (Å²) < 4.78 is 5.32. The van der Waals surface area contributed by atoms with Gasteiger partial charge in [0.25, 0.3) is 0 Å². The summed E-state index contributed by atoms with van der Waals surface area (Å²) in [7, 11) is 1.80. The van der Waals surface area contributed by atoms with Crippen LogP contribution in [0.2, 0.25) is 0 Å². The molecule has 0 aliphatic heterocycles. The first-order valence-corrected chi connectivity index (χ1v) is 7.18. The number of nitrogens with one attached hydrogen (secondary N) is 1. The van der Waals surface area contributed by atoms with Crippen molar-refractivity contribution in [2.24, 2.45) is 0 Å². The van der Waals surface area contributed by atoms with Gasteiger partial charge in [0.15, 0.2) is 0 Å². The molecule has 0 aliphatic rings. The lowest BCUT2D eigenvalue weighted by Gasteiger charge is -2.31. The smallest absolute Gasteiger partial charge is 0.331 e. The maximum Gasteiger partial charge on any atom is 0.331 e. The second-order valence-corrected chi connectivity index (χ2v) is 4.90. The Kier molecular flexibility index (Phi) is 5.12. The summed E-state index contributed by atoms with van der Waals surface area (Å²) in [6.45, 7) is 2.19. The number of ether oxygens (including phenoxy) is 1. The molecule has 21 heavy (non-hydrogen) atoms. The van der Waals surface area contributed by atoms with Crippen molar-refractivity contribution in [2.75, 3.05) is 13.7 Å². The summed E-state index contributed by atoms with van der Waals surface area (Å²) in [6, 6.07) is 19.7. The molecule has 2 aromatic carbocycles. The third kappa shape index (κ3) is 3.31. The van der Waals surface area contributed by atoms with Crippen LogP contribution in [-0.2, 0) is 21.5 Å². The highest BCUT2D eigenvalue weighted by Gasteiger charge is 2.40. The number of rotatable bonds is 6. The second kappa shape index (κ2) is 7.04. The van der Waals surface area contributed by atoms with Crippen LogP contribution in [0.1, 0.15) is 18.1 Å². The Labute approximate surface area is 126 Å². The monoisotopic (exact) mass is 283 g/mol. The van der Waals surface area contributed by atoms with Crippen molar-refractivity contribution < 1.29 is 9.53 Å². The van der Waals surface area contributed by atoms with Gasteiger partial charge in [-0.05, 0) is 25.1 Å². The van der Waals surface area contributed by atoms with Gasteiger partial charge in [-0.1, -0.05) is 60.7 Å². The predicted molar refractivity (Wildman–Crippen MR) is 84.0 cm³/mol. The van der Waals surface area contributed by atoms with Crippen LogP contribution in [0.3, 0.4) is 0 Å². The zero-order valence-corrected chi connectivity index (χ0v) is 12.5. The number of likely N-dealkylation sites (N-methyl/N-ethyl adjacent to an activating group) is 1. The maximum atomic E-state index is 12.6. The molecule has 110 valence electrons. The van der Waals surface area contributed by atoms with Crippen LogP contribution < -0.4 is 5.32 Å². The average molecular weight is 283 g/mol. The van der Waals surface area contributed by atoms with Crippen molar-refractivity contribution >= 4 is 5.97 Å². The van der Waals surface area contributed by atoms with E-state index in [0.717, 1.165) is 11.1 Å². The highest BCUT2D eigenvalue weighted by molar-refractivity contribution is 5.83. The summed E-state index contributed by atoms with van der Waals surface area (Å²) in [5, 5.41) is 3.19. The van der Waals surface area contributed by atoms with E-state index in [0.29, 0.717) is 13.0 Å². The highest BCUT2D eigenvalue weighted by Crippen LogP contribution is 2.27. The molecule has 0 heterocycles. The quantitative estimate of drug-likeness (QED) is 0.828. The van der Waals surface area contributed by atoms with Gasteiger partial charge in [-0.3, -0.25) is 0 Å². The fourth-order valence-electron chi connectivity index (χ4n) is 2.51. The predicted octanol–water partition coefficient (Wildman–Crippen LogP) is 2.91. The third-order valence-electron chi connectivity index (χ3n) is 3.63. The molecule has 1 unspecified atom stereocenters. The van der Waals surface area contributed by atoms with Gasteiger partial charge in [0.05, 0.1) is 6.61 Å². The van der Waals surface area contributed by atoms with Crippen LogP contribution in [0.15, 0.2) is 60.7 Å². The molecule has 0 fully saturated rings. The van der Waals surface area contributed by atoms with Crippen LogP contribution in [0.5, 0.6) is 0 Å². The van der Waals surface area contributed by atoms with Crippen molar-refractivity contribution in [2.45, 2.75) is 18.9 Å². The van der Waals surface area contributed by atoms with E-state index in [1.54, 1.807) is 7.05 Å². The van der Waals surface area contributed by atoms with Crippen LogP contribution in [-0.4, -0.2) is 19.6 Å². The number of benzene rings is 2. The minimum Gasteiger partial charge on any atom is -0.464 e. The van der Waals surface area contributed by atoms with E-state index < -0.39 is 5.54 Å². The van der Waals surface area contributed by atoms with E-state index in [1.807, 2.05) is 67.6 Å². The molecule has 0 spiro atoms. The fraction of sp³-hybridized carbons (Fsp3) is 0.278. The summed E-state index contributed by atoms with van der Waals surface area (Å²) in [5.74, 6) is -0.248. The van der Waals surface area contributed by atoms with Crippen molar-refractivity contribution in [1.82, 2.24) is 5.32 Å². The van der Waals surface area contributed by atoms with E-state index in [4.69, 9.17) is 4.74 Å². The lowest BCUT2D eigenvalue weighted by atomic mass is 9.84. The molecule has 0 saturated carbocycles. The van der Waals surface area contributed by atoms with Crippen molar-refractivity contribution in [1.29, 1.82) is 0 Å². The van der Waals surface area contributed by atoms with E-state index in [2.05, 4.69) is 5.32 Å².